The molecule has 1 heterocycles. The molecule has 0 atom stereocenters. The number of anilines is 1. The summed E-state index contributed by atoms with van der Waals surface area (Å²) in [6.07, 6.45) is 2.02. The minimum Gasteiger partial charge on any atom is -0.493 e. The van der Waals surface area contributed by atoms with Crippen LogP contribution in [0.15, 0.2) is 46.2 Å². The second-order valence-electron chi connectivity index (χ2n) is 7.50. The summed E-state index contributed by atoms with van der Waals surface area (Å²) in [4.78, 5) is 16.2. The van der Waals surface area contributed by atoms with E-state index in [9.17, 15) is 21.6 Å². The summed E-state index contributed by atoms with van der Waals surface area (Å²) in [6, 6.07) is 8.87. The van der Waals surface area contributed by atoms with Crippen LogP contribution in [-0.4, -0.2) is 72.9 Å². The number of amides is 1. The van der Waals surface area contributed by atoms with Crippen molar-refractivity contribution in [1.82, 2.24) is 4.90 Å². The van der Waals surface area contributed by atoms with Crippen molar-refractivity contribution in [2.24, 2.45) is 0 Å². The highest BCUT2D eigenvalue weighted by atomic mass is 32.2. The monoisotopic (exact) mass is 484 g/mol. The topological polar surface area (TPSA) is 101 Å². The maximum absolute atomic E-state index is 15.1. The van der Waals surface area contributed by atoms with Gasteiger partial charge < -0.3 is 14.5 Å². The molecule has 0 aliphatic carbocycles. The predicted molar refractivity (Wildman–Crippen MR) is 118 cm³/mol. The lowest BCUT2D eigenvalue weighted by atomic mass is 10.1. The molecule has 1 aliphatic heterocycles. The number of ether oxygens (including phenoxy) is 1. The fraction of sp³-hybridized carbons (Fsp3) is 0.381. The van der Waals surface area contributed by atoms with Gasteiger partial charge in [-0.15, -0.1) is 0 Å². The van der Waals surface area contributed by atoms with Gasteiger partial charge in [0.15, 0.2) is 25.5 Å². The van der Waals surface area contributed by atoms with Crippen LogP contribution in [0.25, 0.3) is 0 Å². The fourth-order valence-corrected chi connectivity index (χ4v) is 4.90. The number of sulfone groups is 2. The van der Waals surface area contributed by atoms with Crippen molar-refractivity contribution in [3.8, 4) is 5.75 Å². The van der Waals surface area contributed by atoms with Gasteiger partial charge in [0.05, 0.1) is 11.5 Å². The summed E-state index contributed by atoms with van der Waals surface area (Å²) >= 11 is 0. The first-order chi connectivity index (χ1) is 14.9. The highest BCUT2D eigenvalue weighted by Gasteiger charge is 2.30. The molecule has 0 unspecified atom stereocenters. The van der Waals surface area contributed by atoms with Gasteiger partial charge in [-0.1, -0.05) is 0 Å². The van der Waals surface area contributed by atoms with Crippen molar-refractivity contribution < 1.29 is 30.8 Å². The predicted octanol–water partition coefficient (Wildman–Crippen LogP) is 1.99. The standard InChI is InChI=1S/C21H25FN2O6S2/c1-4-30-17-9-10-18(32(3,28)29)20(22)19(17)21(25)24-13-11-23(12-14-24)15-5-7-16(8-6-15)31(2,26)27/h5-10H,4,11-14H2,1-3H3. The number of carbonyl (C=O) groups is 1. The van der Waals surface area contributed by atoms with Crippen LogP contribution in [0.2, 0.25) is 0 Å². The molecule has 0 aromatic heterocycles. The Morgan fingerprint density at radius 1 is 0.938 bits per heavy atom. The van der Waals surface area contributed by atoms with E-state index in [0.29, 0.717) is 13.1 Å². The van der Waals surface area contributed by atoms with Gasteiger partial charge in [0.25, 0.3) is 5.91 Å². The third-order valence-corrected chi connectivity index (χ3v) is 7.42. The van der Waals surface area contributed by atoms with Gasteiger partial charge in [-0.25, -0.2) is 21.2 Å². The number of carbonyl (C=O) groups excluding carboxylic acids is 1. The summed E-state index contributed by atoms with van der Waals surface area (Å²) < 4.78 is 67.5. The van der Waals surface area contributed by atoms with Crippen molar-refractivity contribution >= 4 is 31.3 Å². The SMILES string of the molecule is CCOc1ccc(S(C)(=O)=O)c(F)c1C(=O)N1CCN(c2ccc(S(C)(=O)=O)cc2)CC1. The number of hydrogen-bond donors (Lipinski definition) is 0. The Labute approximate surface area is 187 Å². The molecule has 0 radical (unpaired) electrons. The van der Waals surface area contributed by atoms with Crippen molar-refractivity contribution in [3.63, 3.8) is 0 Å². The Hall–Kier alpha value is -2.66. The molecule has 8 nitrogen and oxygen atoms in total. The largest absolute Gasteiger partial charge is 0.493 e. The fourth-order valence-electron chi connectivity index (χ4n) is 3.53. The second kappa shape index (κ2) is 9.07. The average Bonchev–Trinajstić information content (AvgIpc) is 2.72. The van der Waals surface area contributed by atoms with E-state index in [1.54, 1.807) is 19.1 Å². The van der Waals surface area contributed by atoms with Gasteiger partial charge in [0.1, 0.15) is 16.2 Å². The minimum atomic E-state index is -3.86. The van der Waals surface area contributed by atoms with Gasteiger partial charge in [-0.05, 0) is 43.3 Å². The molecular weight excluding hydrogens is 459 g/mol. The van der Waals surface area contributed by atoms with E-state index in [1.165, 1.54) is 23.1 Å². The molecule has 0 saturated carbocycles. The van der Waals surface area contributed by atoms with E-state index in [1.807, 2.05) is 4.90 Å². The molecule has 0 bridgehead atoms. The summed E-state index contributed by atoms with van der Waals surface area (Å²) in [5, 5.41) is 0. The van der Waals surface area contributed by atoms with Crippen molar-refractivity contribution in [2.75, 3.05) is 50.2 Å². The normalized spacial score (nSPS) is 15.0. The van der Waals surface area contributed by atoms with E-state index < -0.39 is 36.3 Å². The van der Waals surface area contributed by atoms with Crippen molar-refractivity contribution in [2.45, 2.75) is 16.7 Å². The first-order valence-electron chi connectivity index (χ1n) is 9.93. The zero-order valence-electron chi connectivity index (χ0n) is 18.0. The molecule has 32 heavy (non-hydrogen) atoms. The Balaban J connectivity index is 1.81. The number of piperazine rings is 1. The van der Waals surface area contributed by atoms with Gasteiger partial charge in [-0.2, -0.15) is 0 Å². The quantitative estimate of drug-likeness (QED) is 0.618. The van der Waals surface area contributed by atoms with Crippen LogP contribution in [0.5, 0.6) is 5.75 Å². The van der Waals surface area contributed by atoms with Crippen LogP contribution in [0, 0.1) is 5.82 Å². The molecule has 2 aromatic rings. The summed E-state index contributed by atoms with van der Waals surface area (Å²) in [6.45, 7) is 3.32. The lowest BCUT2D eigenvalue weighted by Crippen LogP contribution is -2.49. The number of nitrogens with zero attached hydrogens (tertiary/aromatic N) is 2. The van der Waals surface area contributed by atoms with Gasteiger partial charge in [0.2, 0.25) is 0 Å². The Kier molecular flexibility index (Phi) is 6.80. The lowest BCUT2D eigenvalue weighted by Gasteiger charge is -2.36. The van der Waals surface area contributed by atoms with E-state index in [0.717, 1.165) is 24.3 Å². The smallest absolute Gasteiger partial charge is 0.260 e. The van der Waals surface area contributed by atoms with Crippen LogP contribution in [0.3, 0.4) is 0 Å². The van der Waals surface area contributed by atoms with Gasteiger partial charge in [0, 0.05) is 44.4 Å². The molecule has 1 fully saturated rings. The van der Waals surface area contributed by atoms with E-state index in [-0.39, 0.29) is 35.9 Å². The first kappa shape index (κ1) is 24.0. The molecule has 174 valence electrons. The van der Waals surface area contributed by atoms with E-state index in [2.05, 4.69) is 0 Å². The van der Waals surface area contributed by atoms with Gasteiger partial charge in [-0.3, -0.25) is 4.79 Å². The average molecular weight is 485 g/mol. The second-order valence-corrected chi connectivity index (χ2v) is 11.5. The summed E-state index contributed by atoms with van der Waals surface area (Å²) in [7, 11) is -7.15. The number of benzene rings is 2. The van der Waals surface area contributed by atoms with Crippen molar-refractivity contribution in [1.29, 1.82) is 0 Å². The van der Waals surface area contributed by atoms with E-state index in [4.69, 9.17) is 4.74 Å². The molecule has 1 aliphatic rings. The third-order valence-electron chi connectivity index (χ3n) is 5.18. The van der Waals surface area contributed by atoms with Gasteiger partial charge >= 0.3 is 0 Å². The Morgan fingerprint density at radius 2 is 1.53 bits per heavy atom. The maximum Gasteiger partial charge on any atom is 0.260 e. The summed E-state index contributed by atoms with van der Waals surface area (Å²) in [5.41, 5.74) is 0.422. The Morgan fingerprint density at radius 3 is 2.03 bits per heavy atom. The number of rotatable bonds is 6. The molecule has 0 spiro atoms. The zero-order chi connectivity index (χ0) is 23.7. The molecule has 0 N–H and O–H groups in total. The van der Waals surface area contributed by atoms with Crippen LogP contribution in [-0.2, 0) is 19.7 Å². The molecule has 1 saturated heterocycles. The maximum atomic E-state index is 15.1. The van der Waals surface area contributed by atoms with Crippen LogP contribution in [0.1, 0.15) is 17.3 Å². The molecule has 2 aromatic carbocycles. The molecule has 1 amide bonds. The molecule has 3 rings (SSSR count). The minimum absolute atomic E-state index is 0.00110. The van der Waals surface area contributed by atoms with E-state index >= 15 is 4.39 Å². The number of hydrogen-bond acceptors (Lipinski definition) is 7. The van der Waals surface area contributed by atoms with Crippen LogP contribution >= 0.6 is 0 Å². The highest BCUT2D eigenvalue weighted by molar-refractivity contribution is 7.91. The zero-order valence-corrected chi connectivity index (χ0v) is 19.7. The highest BCUT2D eigenvalue weighted by Crippen LogP contribution is 2.29. The van der Waals surface area contributed by atoms with Crippen molar-refractivity contribution in [3.05, 3.63) is 47.8 Å². The third kappa shape index (κ3) is 5.04. The number of halogens is 1. The Bertz CT molecular complexity index is 1220. The lowest BCUT2D eigenvalue weighted by molar-refractivity contribution is 0.0736. The first-order valence-corrected chi connectivity index (χ1v) is 13.7. The molecule has 11 heteroatoms. The van der Waals surface area contributed by atoms with Crippen LogP contribution < -0.4 is 9.64 Å². The van der Waals surface area contributed by atoms with Crippen LogP contribution in [0.4, 0.5) is 10.1 Å². The summed E-state index contributed by atoms with van der Waals surface area (Å²) in [5.74, 6) is -1.74. The molecular formula is C21H25FN2O6S2.